The Kier molecular flexibility index (Phi) is 8.28. The predicted molar refractivity (Wildman–Crippen MR) is 141 cm³/mol. The topological polar surface area (TPSA) is 80.3 Å². The van der Waals surface area contributed by atoms with Gasteiger partial charge in [-0.2, -0.15) is 0 Å². The molecular formula is C27H27N3O3S2. The van der Waals surface area contributed by atoms with Crippen LogP contribution in [0.4, 0.5) is 4.79 Å². The van der Waals surface area contributed by atoms with Crippen molar-refractivity contribution in [2.75, 3.05) is 7.11 Å². The van der Waals surface area contributed by atoms with Gasteiger partial charge in [0.05, 0.1) is 23.7 Å². The van der Waals surface area contributed by atoms with Crippen molar-refractivity contribution >= 4 is 34.7 Å². The lowest BCUT2D eigenvalue weighted by atomic mass is 10.0. The number of hydrogen-bond donors (Lipinski definition) is 2. The van der Waals surface area contributed by atoms with Crippen LogP contribution in [0.1, 0.15) is 27.7 Å². The van der Waals surface area contributed by atoms with Gasteiger partial charge in [0, 0.05) is 11.8 Å². The maximum atomic E-state index is 13.5. The zero-order valence-electron chi connectivity index (χ0n) is 19.6. The molecule has 2 aromatic heterocycles. The molecule has 2 unspecified atom stereocenters. The van der Waals surface area contributed by atoms with E-state index in [1.54, 1.807) is 11.3 Å². The van der Waals surface area contributed by atoms with Crippen molar-refractivity contribution < 1.29 is 14.3 Å². The number of carbonyl (C=O) groups excluding carboxylic acids is 2. The number of carbonyl (C=O) groups is 2. The van der Waals surface area contributed by atoms with Crippen molar-refractivity contribution in [3.63, 3.8) is 0 Å². The van der Waals surface area contributed by atoms with Crippen molar-refractivity contribution in [1.29, 1.82) is 0 Å². The summed E-state index contributed by atoms with van der Waals surface area (Å²) >= 11 is 3.15. The molecule has 0 saturated carbocycles. The van der Waals surface area contributed by atoms with E-state index in [9.17, 15) is 9.59 Å². The second kappa shape index (κ2) is 11.8. The zero-order valence-corrected chi connectivity index (χ0v) is 21.2. The van der Waals surface area contributed by atoms with E-state index < -0.39 is 12.1 Å². The van der Waals surface area contributed by atoms with Crippen LogP contribution in [0.25, 0.3) is 10.6 Å². The van der Waals surface area contributed by atoms with E-state index in [1.807, 2.05) is 60.1 Å². The molecule has 0 saturated heterocycles. The first kappa shape index (κ1) is 24.6. The third kappa shape index (κ3) is 6.77. The summed E-state index contributed by atoms with van der Waals surface area (Å²) in [5.74, 6) is -0.288. The number of nitrogens with zero attached hydrogens (tertiary/aromatic N) is 1. The molecule has 2 amide bonds. The summed E-state index contributed by atoms with van der Waals surface area (Å²) in [7, 11) is 1.29. The Labute approximate surface area is 213 Å². The van der Waals surface area contributed by atoms with Gasteiger partial charge in [0.25, 0.3) is 0 Å². The van der Waals surface area contributed by atoms with Crippen LogP contribution < -0.4 is 10.6 Å². The molecule has 2 atom stereocenters. The summed E-state index contributed by atoms with van der Waals surface area (Å²) < 4.78 is 4.77. The molecule has 2 N–H and O–H groups in total. The molecule has 2 aromatic carbocycles. The standard InChI is InChI=1S/C27H27N3O3S2/c1-18-10-12-20(13-11-18)16-22(26-29-23(17-35-26)24-9-6-14-34-24)28-25(31)21(30-27(32)33-2)15-19-7-4-3-5-8-19/h3-14,17,21-22H,15-16H2,1-2H3,(H,28,31)(H,30,32). The molecule has 4 rings (SSSR count). The number of aryl methyl sites for hydroxylation is 1. The van der Waals surface area contributed by atoms with Gasteiger partial charge in [0.1, 0.15) is 11.0 Å². The number of rotatable bonds is 9. The minimum atomic E-state index is -0.790. The van der Waals surface area contributed by atoms with E-state index in [1.165, 1.54) is 24.0 Å². The predicted octanol–water partition coefficient (Wildman–Crippen LogP) is 5.55. The van der Waals surface area contributed by atoms with Crippen molar-refractivity contribution in [3.8, 4) is 10.6 Å². The van der Waals surface area contributed by atoms with Crippen LogP contribution in [0, 0.1) is 6.92 Å². The SMILES string of the molecule is COC(=O)NC(Cc1ccccc1)C(=O)NC(Cc1ccc(C)cc1)c1nc(-c2cccs2)cs1. The average molecular weight is 506 g/mol. The summed E-state index contributed by atoms with van der Waals surface area (Å²) in [6.07, 6.45) is 0.280. The van der Waals surface area contributed by atoms with Gasteiger partial charge in [-0.05, 0) is 35.9 Å². The third-order valence-corrected chi connectivity index (χ3v) is 7.40. The van der Waals surface area contributed by atoms with E-state index in [4.69, 9.17) is 9.72 Å². The quantitative estimate of drug-likeness (QED) is 0.313. The summed E-state index contributed by atoms with van der Waals surface area (Å²) in [6.45, 7) is 2.05. The maximum absolute atomic E-state index is 13.5. The molecule has 0 radical (unpaired) electrons. The molecule has 0 aliphatic rings. The molecule has 0 bridgehead atoms. The molecule has 0 fully saturated rings. The Balaban J connectivity index is 1.59. The van der Waals surface area contributed by atoms with Crippen molar-refractivity contribution in [3.05, 3.63) is 99.2 Å². The van der Waals surface area contributed by atoms with Gasteiger partial charge in [-0.25, -0.2) is 9.78 Å². The number of nitrogens with one attached hydrogen (secondary N) is 2. The number of aromatic nitrogens is 1. The van der Waals surface area contributed by atoms with Crippen LogP contribution in [0.5, 0.6) is 0 Å². The number of thiazole rings is 1. The van der Waals surface area contributed by atoms with Gasteiger partial charge < -0.3 is 15.4 Å². The molecule has 6 nitrogen and oxygen atoms in total. The van der Waals surface area contributed by atoms with Crippen molar-refractivity contribution in [2.45, 2.75) is 31.8 Å². The molecule has 180 valence electrons. The smallest absolute Gasteiger partial charge is 0.407 e. The Bertz CT molecular complexity index is 1240. The summed E-state index contributed by atoms with van der Waals surface area (Å²) in [4.78, 5) is 31.4. The Morgan fingerprint density at radius 2 is 1.66 bits per heavy atom. The van der Waals surface area contributed by atoms with E-state index in [0.29, 0.717) is 12.8 Å². The van der Waals surface area contributed by atoms with Gasteiger partial charge in [0.2, 0.25) is 5.91 Å². The van der Waals surface area contributed by atoms with Gasteiger partial charge in [0.15, 0.2) is 0 Å². The van der Waals surface area contributed by atoms with Crippen LogP contribution in [0.15, 0.2) is 77.5 Å². The third-order valence-electron chi connectivity index (χ3n) is 5.55. The second-order valence-electron chi connectivity index (χ2n) is 8.18. The van der Waals surface area contributed by atoms with E-state index in [-0.39, 0.29) is 11.9 Å². The molecular weight excluding hydrogens is 478 g/mol. The van der Waals surface area contributed by atoms with E-state index >= 15 is 0 Å². The minimum Gasteiger partial charge on any atom is -0.453 e. The van der Waals surface area contributed by atoms with Crippen LogP contribution in [0.3, 0.4) is 0 Å². The van der Waals surface area contributed by atoms with Crippen LogP contribution in [0.2, 0.25) is 0 Å². The van der Waals surface area contributed by atoms with Gasteiger partial charge in [-0.1, -0.05) is 66.2 Å². The van der Waals surface area contributed by atoms with Crippen LogP contribution >= 0.6 is 22.7 Å². The normalized spacial score (nSPS) is 12.5. The number of thiophene rings is 1. The number of amides is 2. The first-order valence-electron chi connectivity index (χ1n) is 11.3. The fourth-order valence-corrected chi connectivity index (χ4v) is 5.31. The van der Waals surface area contributed by atoms with Crippen molar-refractivity contribution in [1.82, 2.24) is 15.6 Å². The van der Waals surface area contributed by atoms with Crippen LogP contribution in [-0.2, 0) is 22.4 Å². The molecule has 35 heavy (non-hydrogen) atoms. The lowest BCUT2D eigenvalue weighted by Gasteiger charge is -2.22. The molecule has 2 heterocycles. The first-order chi connectivity index (χ1) is 17.0. The number of methoxy groups -OCH3 is 1. The van der Waals surface area contributed by atoms with Gasteiger partial charge in [-0.15, -0.1) is 22.7 Å². The Morgan fingerprint density at radius 3 is 2.34 bits per heavy atom. The first-order valence-corrected chi connectivity index (χ1v) is 13.0. The van der Waals surface area contributed by atoms with Gasteiger partial charge >= 0.3 is 6.09 Å². The number of alkyl carbamates (subject to hydrolysis) is 1. The zero-order chi connectivity index (χ0) is 24.6. The highest BCUT2D eigenvalue weighted by Crippen LogP contribution is 2.30. The molecule has 4 aromatic rings. The highest BCUT2D eigenvalue weighted by Gasteiger charge is 2.26. The second-order valence-corrected chi connectivity index (χ2v) is 10.0. The van der Waals surface area contributed by atoms with Gasteiger partial charge in [-0.3, -0.25) is 4.79 Å². The number of ether oxygens (including phenoxy) is 1. The fourth-order valence-electron chi connectivity index (χ4n) is 3.68. The lowest BCUT2D eigenvalue weighted by molar-refractivity contribution is -0.123. The Hall–Kier alpha value is -3.49. The molecule has 8 heteroatoms. The van der Waals surface area contributed by atoms with E-state index in [2.05, 4.69) is 34.9 Å². The largest absolute Gasteiger partial charge is 0.453 e. The maximum Gasteiger partial charge on any atom is 0.407 e. The fraction of sp³-hybridized carbons (Fsp3) is 0.222. The van der Waals surface area contributed by atoms with Crippen LogP contribution in [-0.4, -0.2) is 30.1 Å². The lowest BCUT2D eigenvalue weighted by Crippen LogP contribution is -2.49. The number of hydrogen-bond acceptors (Lipinski definition) is 6. The average Bonchev–Trinajstić information content (AvgIpc) is 3.57. The van der Waals surface area contributed by atoms with E-state index in [0.717, 1.165) is 26.7 Å². The summed E-state index contributed by atoms with van der Waals surface area (Å²) in [5, 5.41) is 10.7. The Morgan fingerprint density at radius 1 is 0.914 bits per heavy atom. The highest BCUT2D eigenvalue weighted by atomic mass is 32.1. The highest BCUT2D eigenvalue weighted by molar-refractivity contribution is 7.14. The molecule has 0 aliphatic carbocycles. The number of benzene rings is 2. The summed E-state index contributed by atoms with van der Waals surface area (Å²) in [5.41, 5.74) is 4.10. The molecule has 0 spiro atoms. The monoisotopic (exact) mass is 505 g/mol. The van der Waals surface area contributed by atoms with Crippen molar-refractivity contribution in [2.24, 2.45) is 0 Å². The molecule has 0 aliphatic heterocycles. The summed E-state index contributed by atoms with van der Waals surface area (Å²) in [6, 6.07) is 20.7. The minimum absolute atomic E-state index is 0.288.